The van der Waals surface area contributed by atoms with Crippen LogP contribution in [-0.4, -0.2) is 30.8 Å². The Kier molecular flexibility index (Phi) is 4.06. The molecule has 0 spiro atoms. The monoisotopic (exact) mass is 285 g/mol. The van der Waals surface area contributed by atoms with Crippen molar-refractivity contribution in [1.82, 2.24) is 0 Å². The van der Waals surface area contributed by atoms with E-state index in [2.05, 4.69) is 5.32 Å². The average Bonchev–Trinajstić information content (AvgIpc) is 2.53. The second kappa shape index (κ2) is 6.14. The lowest BCUT2D eigenvalue weighted by Crippen LogP contribution is -2.22. The number of carbonyl (C=O) groups is 1. The van der Waals surface area contributed by atoms with Crippen LogP contribution in [0.1, 0.15) is 23.2 Å². The van der Waals surface area contributed by atoms with Crippen molar-refractivity contribution in [2.24, 2.45) is 5.92 Å². The molecule has 1 fully saturated rings. The standard InChI is InChI=1S/C17H19NO3/c19-17(20)15-5-6-16(14-4-2-1-3-13(14)15)18-11-12-7-9-21-10-8-12/h1-6,12,18H,7-11H2,(H,19,20). The second-order valence-electron chi connectivity index (χ2n) is 5.45. The van der Waals surface area contributed by atoms with Crippen LogP contribution in [0.5, 0.6) is 0 Å². The summed E-state index contributed by atoms with van der Waals surface area (Å²) in [5, 5.41) is 14.5. The number of hydrogen-bond donors (Lipinski definition) is 2. The molecule has 4 heteroatoms. The number of anilines is 1. The number of rotatable bonds is 4. The zero-order valence-electron chi connectivity index (χ0n) is 11.8. The number of ether oxygens (including phenoxy) is 1. The summed E-state index contributed by atoms with van der Waals surface area (Å²) in [6, 6.07) is 11.2. The highest BCUT2D eigenvalue weighted by molar-refractivity contribution is 6.07. The van der Waals surface area contributed by atoms with Crippen molar-refractivity contribution >= 4 is 22.4 Å². The van der Waals surface area contributed by atoms with Gasteiger partial charge in [-0.2, -0.15) is 0 Å². The molecule has 21 heavy (non-hydrogen) atoms. The van der Waals surface area contributed by atoms with Crippen molar-refractivity contribution in [1.29, 1.82) is 0 Å². The molecule has 0 unspecified atom stereocenters. The van der Waals surface area contributed by atoms with Gasteiger partial charge in [-0.1, -0.05) is 24.3 Å². The predicted molar refractivity (Wildman–Crippen MR) is 82.9 cm³/mol. The maximum atomic E-state index is 11.3. The smallest absolute Gasteiger partial charge is 0.336 e. The Morgan fingerprint density at radius 2 is 1.86 bits per heavy atom. The number of carboxylic acid groups (broad SMARTS) is 1. The lowest BCUT2D eigenvalue weighted by molar-refractivity contribution is 0.0695. The lowest BCUT2D eigenvalue weighted by atomic mass is 9.99. The highest BCUT2D eigenvalue weighted by Crippen LogP contribution is 2.27. The predicted octanol–water partition coefficient (Wildman–Crippen LogP) is 3.38. The molecular weight excluding hydrogens is 266 g/mol. The van der Waals surface area contributed by atoms with Crippen LogP contribution in [0, 0.1) is 5.92 Å². The van der Waals surface area contributed by atoms with Gasteiger partial charge in [-0.15, -0.1) is 0 Å². The van der Waals surface area contributed by atoms with E-state index >= 15 is 0 Å². The Morgan fingerprint density at radius 1 is 1.14 bits per heavy atom. The van der Waals surface area contributed by atoms with Gasteiger partial charge >= 0.3 is 5.97 Å². The minimum atomic E-state index is -0.887. The van der Waals surface area contributed by atoms with Crippen LogP contribution in [-0.2, 0) is 4.74 Å². The van der Waals surface area contributed by atoms with E-state index in [9.17, 15) is 9.90 Å². The molecule has 110 valence electrons. The van der Waals surface area contributed by atoms with Gasteiger partial charge < -0.3 is 15.2 Å². The Bertz CT molecular complexity index is 648. The number of aromatic carboxylic acids is 1. The first kappa shape index (κ1) is 13.9. The maximum Gasteiger partial charge on any atom is 0.336 e. The third-order valence-electron chi connectivity index (χ3n) is 4.08. The highest BCUT2D eigenvalue weighted by Gasteiger charge is 2.15. The zero-order chi connectivity index (χ0) is 14.7. The molecule has 1 heterocycles. The normalized spacial score (nSPS) is 16.0. The summed E-state index contributed by atoms with van der Waals surface area (Å²) in [5.74, 6) is -0.265. The van der Waals surface area contributed by atoms with Gasteiger partial charge in [0.05, 0.1) is 5.56 Å². The molecule has 2 aromatic rings. The summed E-state index contributed by atoms with van der Waals surface area (Å²) in [4.78, 5) is 11.3. The minimum absolute atomic E-state index is 0.349. The molecule has 0 aliphatic carbocycles. The molecule has 1 aliphatic rings. The van der Waals surface area contributed by atoms with E-state index in [1.54, 1.807) is 6.07 Å². The zero-order valence-corrected chi connectivity index (χ0v) is 11.8. The van der Waals surface area contributed by atoms with Crippen molar-refractivity contribution in [3.8, 4) is 0 Å². The van der Waals surface area contributed by atoms with E-state index in [0.29, 0.717) is 11.5 Å². The largest absolute Gasteiger partial charge is 0.478 e. The molecule has 4 nitrogen and oxygen atoms in total. The van der Waals surface area contributed by atoms with Crippen LogP contribution in [0.2, 0.25) is 0 Å². The summed E-state index contributed by atoms with van der Waals surface area (Å²) in [7, 11) is 0. The molecule has 0 atom stereocenters. The number of hydrogen-bond acceptors (Lipinski definition) is 3. The van der Waals surface area contributed by atoms with Gasteiger partial charge in [-0.3, -0.25) is 0 Å². The van der Waals surface area contributed by atoms with Crippen molar-refractivity contribution in [3.05, 3.63) is 42.0 Å². The molecule has 0 radical (unpaired) electrons. The van der Waals surface area contributed by atoms with Crippen LogP contribution in [0.4, 0.5) is 5.69 Å². The molecule has 0 saturated carbocycles. The fourth-order valence-corrected chi connectivity index (χ4v) is 2.84. The number of nitrogens with one attached hydrogen (secondary N) is 1. The van der Waals surface area contributed by atoms with E-state index in [-0.39, 0.29) is 0 Å². The van der Waals surface area contributed by atoms with Gasteiger partial charge in [-0.05, 0) is 36.3 Å². The molecule has 2 aromatic carbocycles. The summed E-state index contributed by atoms with van der Waals surface area (Å²) in [6.45, 7) is 2.58. The molecule has 2 N–H and O–H groups in total. The Morgan fingerprint density at radius 3 is 2.57 bits per heavy atom. The van der Waals surface area contributed by atoms with Crippen LogP contribution in [0.3, 0.4) is 0 Å². The number of fused-ring (bicyclic) bond motifs is 1. The van der Waals surface area contributed by atoms with Gasteiger partial charge in [0.25, 0.3) is 0 Å². The Hall–Kier alpha value is -2.07. The van der Waals surface area contributed by atoms with Crippen molar-refractivity contribution < 1.29 is 14.6 Å². The third-order valence-corrected chi connectivity index (χ3v) is 4.08. The minimum Gasteiger partial charge on any atom is -0.478 e. The van der Waals surface area contributed by atoms with Crippen molar-refractivity contribution in [3.63, 3.8) is 0 Å². The van der Waals surface area contributed by atoms with Gasteiger partial charge in [0, 0.05) is 30.8 Å². The Balaban J connectivity index is 1.85. The van der Waals surface area contributed by atoms with Crippen LogP contribution in [0.25, 0.3) is 10.8 Å². The fraction of sp³-hybridized carbons (Fsp3) is 0.353. The van der Waals surface area contributed by atoms with Crippen molar-refractivity contribution in [2.45, 2.75) is 12.8 Å². The van der Waals surface area contributed by atoms with E-state index in [1.807, 2.05) is 30.3 Å². The van der Waals surface area contributed by atoms with Crippen LogP contribution < -0.4 is 5.32 Å². The molecule has 0 amide bonds. The van der Waals surface area contributed by atoms with Gasteiger partial charge in [0.15, 0.2) is 0 Å². The van der Waals surface area contributed by atoms with Crippen molar-refractivity contribution in [2.75, 3.05) is 25.1 Å². The summed E-state index contributed by atoms with van der Waals surface area (Å²) >= 11 is 0. The van der Waals surface area contributed by atoms with Crippen LogP contribution in [0.15, 0.2) is 36.4 Å². The molecule has 1 aliphatic heterocycles. The van der Waals surface area contributed by atoms with E-state index in [4.69, 9.17) is 4.74 Å². The van der Waals surface area contributed by atoms with Gasteiger partial charge in [0.2, 0.25) is 0 Å². The summed E-state index contributed by atoms with van der Waals surface area (Å²) < 4.78 is 5.37. The molecular formula is C17H19NO3. The first-order chi connectivity index (χ1) is 10.3. The quantitative estimate of drug-likeness (QED) is 0.904. The Labute approximate surface area is 123 Å². The number of benzene rings is 2. The second-order valence-corrected chi connectivity index (χ2v) is 5.45. The molecule has 0 bridgehead atoms. The summed E-state index contributed by atoms with van der Waals surface area (Å²) in [5.41, 5.74) is 1.35. The first-order valence-electron chi connectivity index (χ1n) is 7.32. The maximum absolute atomic E-state index is 11.3. The SMILES string of the molecule is O=C(O)c1ccc(NCC2CCOCC2)c2ccccc12. The highest BCUT2D eigenvalue weighted by atomic mass is 16.5. The third kappa shape index (κ3) is 3.00. The van der Waals surface area contributed by atoms with Gasteiger partial charge in [0.1, 0.15) is 0 Å². The van der Waals surface area contributed by atoms with E-state index in [0.717, 1.165) is 49.1 Å². The molecule has 3 rings (SSSR count). The van der Waals surface area contributed by atoms with E-state index in [1.165, 1.54) is 0 Å². The molecule has 1 saturated heterocycles. The topological polar surface area (TPSA) is 58.6 Å². The fourth-order valence-electron chi connectivity index (χ4n) is 2.84. The van der Waals surface area contributed by atoms with E-state index < -0.39 is 5.97 Å². The van der Waals surface area contributed by atoms with Gasteiger partial charge in [-0.25, -0.2) is 4.79 Å². The lowest BCUT2D eigenvalue weighted by Gasteiger charge is -2.23. The van der Waals surface area contributed by atoms with Crippen LogP contribution >= 0.6 is 0 Å². The number of carboxylic acids is 1. The molecule has 0 aromatic heterocycles. The average molecular weight is 285 g/mol. The summed E-state index contributed by atoms with van der Waals surface area (Å²) in [6.07, 6.45) is 2.16. The first-order valence-corrected chi connectivity index (χ1v) is 7.32.